The number of aromatic carboxylic acids is 1. The van der Waals surface area contributed by atoms with E-state index in [1.54, 1.807) is 37.3 Å². The lowest BCUT2D eigenvalue weighted by molar-refractivity contribution is -0.136. The molecule has 156 valence electrons. The van der Waals surface area contributed by atoms with E-state index in [1.165, 1.54) is 24.4 Å². The van der Waals surface area contributed by atoms with Crippen molar-refractivity contribution in [1.29, 1.82) is 0 Å². The Morgan fingerprint density at radius 1 is 1.10 bits per heavy atom. The van der Waals surface area contributed by atoms with Gasteiger partial charge in [0.25, 0.3) is 0 Å². The van der Waals surface area contributed by atoms with Gasteiger partial charge in [0, 0.05) is 11.3 Å². The van der Waals surface area contributed by atoms with Gasteiger partial charge >= 0.3 is 17.8 Å². The fourth-order valence-electron chi connectivity index (χ4n) is 2.26. The summed E-state index contributed by atoms with van der Waals surface area (Å²) in [4.78, 5) is 35.0. The molecule has 30 heavy (non-hydrogen) atoms. The summed E-state index contributed by atoms with van der Waals surface area (Å²) in [5.74, 6) is -2.04. The van der Waals surface area contributed by atoms with Crippen molar-refractivity contribution < 1.29 is 29.0 Å². The third-order valence-corrected chi connectivity index (χ3v) is 3.61. The van der Waals surface area contributed by atoms with E-state index in [0.717, 1.165) is 0 Å². The molecule has 2 aromatic carbocycles. The number of carboxylic acid groups (broad SMARTS) is 1. The lowest BCUT2D eigenvalue weighted by Gasteiger charge is -2.08. The lowest BCUT2D eigenvalue weighted by atomic mass is 10.1. The van der Waals surface area contributed by atoms with Crippen LogP contribution in [0.2, 0.25) is 0 Å². The number of anilines is 1. The van der Waals surface area contributed by atoms with E-state index in [4.69, 9.17) is 14.6 Å². The molecular weight excluding hydrogens is 390 g/mol. The Bertz CT molecular complexity index is 954. The van der Waals surface area contributed by atoms with Crippen LogP contribution in [0.5, 0.6) is 11.5 Å². The second kappa shape index (κ2) is 11.0. The summed E-state index contributed by atoms with van der Waals surface area (Å²) in [6.07, 6.45) is 2.81. The van der Waals surface area contributed by atoms with Crippen LogP contribution >= 0.6 is 0 Å². The molecule has 0 fully saturated rings. The minimum absolute atomic E-state index is 0.0319. The Hall–Kier alpha value is -4.14. The SMILES string of the molecule is C=CCOc1ccc(NC(=O)C(=O)N/N=C\c2cc(C(=O)O)ccc2OCC)cc1. The summed E-state index contributed by atoms with van der Waals surface area (Å²) in [7, 11) is 0. The minimum Gasteiger partial charge on any atom is -0.493 e. The van der Waals surface area contributed by atoms with Crippen molar-refractivity contribution in [3.05, 3.63) is 66.2 Å². The molecule has 0 saturated carbocycles. The number of amides is 2. The van der Waals surface area contributed by atoms with Crippen LogP contribution in [-0.2, 0) is 9.59 Å². The van der Waals surface area contributed by atoms with Crippen molar-refractivity contribution in [3.63, 3.8) is 0 Å². The van der Waals surface area contributed by atoms with Gasteiger partial charge in [0.05, 0.1) is 18.4 Å². The van der Waals surface area contributed by atoms with Gasteiger partial charge in [-0.25, -0.2) is 10.2 Å². The molecule has 0 spiro atoms. The predicted octanol–water partition coefficient (Wildman–Crippen LogP) is 2.44. The maximum absolute atomic E-state index is 12.0. The van der Waals surface area contributed by atoms with E-state index >= 15 is 0 Å². The van der Waals surface area contributed by atoms with E-state index in [1.807, 2.05) is 0 Å². The number of rotatable bonds is 9. The van der Waals surface area contributed by atoms with Crippen LogP contribution in [0.4, 0.5) is 5.69 Å². The number of nitrogens with one attached hydrogen (secondary N) is 2. The highest BCUT2D eigenvalue weighted by Gasteiger charge is 2.13. The summed E-state index contributed by atoms with van der Waals surface area (Å²) in [6.45, 7) is 6.04. The molecule has 9 nitrogen and oxygen atoms in total. The highest BCUT2D eigenvalue weighted by molar-refractivity contribution is 6.39. The number of carbonyl (C=O) groups is 3. The summed E-state index contributed by atoms with van der Waals surface area (Å²) < 4.78 is 10.7. The van der Waals surface area contributed by atoms with Gasteiger partial charge in [-0.3, -0.25) is 9.59 Å². The molecule has 0 bridgehead atoms. The number of benzene rings is 2. The number of ether oxygens (including phenoxy) is 2. The van der Waals surface area contributed by atoms with Crippen molar-refractivity contribution in [1.82, 2.24) is 5.43 Å². The van der Waals surface area contributed by atoms with Crippen molar-refractivity contribution in [2.45, 2.75) is 6.92 Å². The number of hydrogen-bond donors (Lipinski definition) is 3. The van der Waals surface area contributed by atoms with Gasteiger partial charge in [-0.05, 0) is 49.4 Å². The molecule has 0 atom stereocenters. The standard InChI is InChI=1S/C21H21N3O6/c1-3-11-30-17-8-6-16(7-9-17)23-19(25)20(26)24-22-13-15-12-14(21(27)28)5-10-18(15)29-4-2/h3,5-10,12-13H,1,4,11H2,2H3,(H,23,25)(H,24,26)(H,27,28)/b22-13-. The number of carboxylic acids is 1. The van der Waals surface area contributed by atoms with E-state index in [-0.39, 0.29) is 5.56 Å². The largest absolute Gasteiger partial charge is 0.493 e. The van der Waals surface area contributed by atoms with Gasteiger partial charge in [-0.2, -0.15) is 5.10 Å². The first-order valence-electron chi connectivity index (χ1n) is 8.93. The minimum atomic E-state index is -1.11. The quantitative estimate of drug-likeness (QED) is 0.252. The van der Waals surface area contributed by atoms with Gasteiger partial charge in [-0.15, -0.1) is 0 Å². The van der Waals surface area contributed by atoms with Gasteiger partial charge < -0.3 is 19.9 Å². The maximum atomic E-state index is 12.0. The Balaban J connectivity index is 1.98. The third-order valence-electron chi connectivity index (χ3n) is 3.61. The normalized spacial score (nSPS) is 10.3. The maximum Gasteiger partial charge on any atom is 0.335 e. The molecular formula is C21H21N3O6. The van der Waals surface area contributed by atoms with Gasteiger partial charge in [0.15, 0.2) is 0 Å². The first-order chi connectivity index (χ1) is 14.4. The van der Waals surface area contributed by atoms with Gasteiger partial charge in [0.1, 0.15) is 18.1 Å². The van der Waals surface area contributed by atoms with Gasteiger partial charge in [-0.1, -0.05) is 12.7 Å². The van der Waals surface area contributed by atoms with E-state index in [2.05, 4.69) is 22.4 Å². The zero-order chi connectivity index (χ0) is 21.9. The summed E-state index contributed by atoms with van der Waals surface area (Å²) in [5.41, 5.74) is 2.86. The highest BCUT2D eigenvalue weighted by atomic mass is 16.5. The molecule has 2 aromatic rings. The van der Waals surface area contributed by atoms with Crippen LogP contribution in [0.3, 0.4) is 0 Å². The van der Waals surface area contributed by atoms with Crippen LogP contribution in [0.1, 0.15) is 22.8 Å². The molecule has 0 unspecified atom stereocenters. The molecule has 2 rings (SSSR count). The third kappa shape index (κ3) is 6.48. The van der Waals surface area contributed by atoms with Crippen LogP contribution in [0, 0.1) is 0 Å². The lowest BCUT2D eigenvalue weighted by Crippen LogP contribution is -2.32. The molecule has 0 aliphatic heterocycles. The Morgan fingerprint density at radius 2 is 1.83 bits per heavy atom. The van der Waals surface area contributed by atoms with Crippen LogP contribution in [-0.4, -0.2) is 42.3 Å². The first-order valence-corrected chi connectivity index (χ1v) is 8.93. The summed E-state index contributed by atoms with van der Waals surface area (Å²) in [5, 5.41) is 15.2. The van der Waals surface area contributed by atoms with Crippen molar-refractivity contribution in [2.24, 2.45) is 5.10 Å². The fourth-order valence-corrected chi connectivity index (χ4v) is 2.26. The highest BCUT2D eigenvalue weighted by Crippen LogP contribution is 2.19. The average Bonchev–Trinajstić information content (AvgIpc) is 2.74. The molecule has 9 heteroatoms. The van der Waals surface area contributed by atoms with Crippen LogP contribution in [0.25, 0.3) is 0 Å². The molecule has 0 aliphatic carbocycles. The van der Waals surface area contributed by atoms with E-state index in [0.29, 0.717) is 36.0 Å². The van der Waals surface area contributed by atoms with Crippen LogP contribution < -0.4 is 20.2 Å². The number of carbonyl (C=O) groups excluding carboxylic acids is 2. The molecule has 0 aliphatic rings. The smallest absolute Gasteiger partial charge is 0.335 e. The molecule has 2 amide bonds. The topological polar surface area (TPSA) is 126 Å². The number of hydrazone groups is 1. The van der Waals surface area contributed by atoms with Crippen molar-refractivity contribution >= 4 is 29.7 Å². The number of hydrogen-bond acceptors (Lipinski definition) is 6. The molecule has 0 aromatic heterocycles. The van der Waals surface area contributed by atoms with Crippen LogP contribution in [0.15, 0.2) is 60.2 Å². The second-order valence-electron chi connectivity index (χ2n) is 5.77. The molecule has 0 saturated heterocycles. The van der Waals surface area contributed by atoms with E-state index < -0.39 is 17.8 Å². The average molecular weight is 411 g/mol. The Kier molecular flexibility index (Phi) is 8.13. The Labute approximate surface area is 173 Å². The fraction of sp³-hybridized carbons (Fsp3) is 0.143. The summed E-state index contributed by atoms with van der Waals surface area (Å²) in [6, 6.07) is 10.7. The zero-order valence-electron chi connectivity index (χ0n) is 16.3. The Morgan fingerprint density at radius 3 is 2.47 bits per heavy atom. The first kappa shape index (κ1) is 22.2. The monoisotopic (exact) mass is 411 g/mol. The molecule has 0 heterocycles. The van der Waals surface area contributed by atoms with Crippen molar-refractivity contribution in [2.75, 3.05) is 18.5 Å². The number of nitrogens with zero attached hydrogens (tertiary/aromatic N) is 1. The van der Waals surface area contributed by atoms with E-state index in [9.17, 15) is 14.4 Å². The summed E-state index contributed by atoms with van der Waals surface area (Å²) >= 11 is 0. The second-order valence-corrected chi connectivity index (χ2v) is 5.77. The molecule has 0 radical (unpaired) electrons. The predicted molar refractivity (Wildman–Crippen MR) is 111 cm³/mol. The zero-order valence-corrected chi connectivity index (χ0v) is 16.3. The van der Waals surface area contributed by atoms with Gasteiger partial charge in [0.2, 0.25) is 0 Å². The van der Waals surface area contributed by atoms with Crippen molar-refractivity contribution in [3.8, 4) is 11.5 Å². The molecule has 3 N–H and O–H groups in total.